The molecule has 0 spiro atoms. The van der Waals surface area contributed by atoms with E-state index in [-0.39, 0.29) is 35.6 Å². The van der Waals surface area contributed by atoms with Crippen LogP contribution in [0.15, 0.2) is 40.2 Å². The first-order valence-electron chi connectivity index (χ1n) is 9.88. The van der Waals surface area contributed by atoms with Gasteiger partial charge in [0.25, 0.3) is 5.56 Å². The molecule has 1 aromatic carbocycles. The fraction of sp³-hybridized carbons (Fsp3) is 0.500. The van der Waals surface area contributed by atoms with Crippen LogP contribution in [0.3, 0.4) is 0 Å². The smallest absolute Gasteiger partial charge is 0.307 e. The zero-order valence-corrected chi connectivity index (χ0v) is 17.4. The Morgan fingerprint density at radius 3 is 2.72 bits per heavy atom. The van der Waals surface area contributed by atoms with E-state index >= 15 is 0 Å². The van der Waals surface area contributed by atoms with E-state index < -0.39 is 15.6 Å². The van der Waals surface area contributed by atoms with Crippen LogP contribution < -0.4 is 11.3 Å². The minimum Gasteiger partial charge on any atom is -0.444 e. The Labute approximate surface area is 170 Å². The molecule has 2 aromatic rings. The Bertz CT molecular complexity index is 1050. The first-order chi connectivity index (χ1) is 13.8. The van der Waals surface area contributed by atoms with Crippen LogP contribution in [-0.2, 0) is 26.3 Å². The molecule has 1 saturated heterocycles. The molecule has 29 heavy (non-hydrogen) atoms. The van der Waals surface area contributed by atoms with E-state index in [0.29, 0.717) is 24.8 Å². The number of esters is 1. The summed E-state index contributed by atoms with van der Waals surface area (Å²) in [6.07, 6.45) is 5.09. The van der Waals surface area contributed by atoms with E-state index in [9.17, 15) is 18.0 Å². The molecule has 1 aromatic heterocycles. The summed E-state index contributed by atoms with van der Waals surface area (Å²) in [5, 5.41) is 0.614. The number of ether oxygens (including phenoxy) is 1. The number of aromatic nitrogens is 1. The van der Waals surface area contributed by atoms with Crippen molar-refractivity contribution in [3.63, 3.8) is 0 Å². The van der Waals surface area contributed by atoms with Gasteiger partial charge in [-0.1, -0.05) is 25.8 Å². The highest BCUT2D eigenvalue weighted by molar-refractivity contribution is 7.89. The predicted octanol–water partition coefficient (Wildman–Crippen LogP) is 1.80. The molecule has 2 heterocycles. The molecule has 0 radical (unpaired) electrons. The summed E-state index contributed by atoms with van der Waals surface area (Å²) >= 11 is 0. The number of hydrogen-bond donors (Lipinski definition) is 1. The number of fused-ring (bicyclic) bond motifs is 1. The van der Waals surface area contributed by atoms with Gasteiger partial charge in [0, 0.05) is 42.5 Å². The molecule has 0 bridgehead atoms. The van der Waals surface area contributed by atoms with Crippen LogP contribution in [0, 0.1) is 0 Å². The van der Waals surface area contributed by atoms with Gasteiger partial charge in [-0.05, 0) is 31.0 Å². The molecule has 0 amide bonds. The number of carbonyl (C=O) groups excluding carboxylic acids is 1. The lowest BCUT2D eigenvalue weighted by Crippen LogP contribution is -2.32. The summed E-state index contributed by atoms with van der Waals surface area (Å²) in [4.78, 5) is 24.7. The lowest BCUT2D eigenvalue weighted by molar-refractivity contribution is -0.147. The van der Waals surface area contributed by atoms with E-state index in [0.717, 1.165) is 19.3 Å². The second-order valence-corrected chi connectivity index (χ2v) is 9.23. The van der Waals surface area contributed by atoms with Crippen LogP contribution in [-0.4, -0.2) is 42.4 Å². The molecule has 9 heteroatoms. The molecule has 2 N–H and O–H groups in total. The fourth-order valence-corrected chi connectivity index (χ4v) is 5.18. The van der Waals surface area contributed by atoms with Crippen molar-refractivity contribution in [2.24, 2.45) is 5.73 Å². The third kappa shape index (κ3) is 4.68. The number of carbonyl (C=O) groups is 1. The Morgan fingerprint density at radius 2 is 2.03 bits per heavy atom. The van der Waals surface area contributed by atoms with E-state index in [2.05, 4.69) is 0 Å². The molecule has 158 valence electrons. The van der Waals surface area contributed by atoms with Gasteiger partial charge in [-0.2, -0.15) is 4.31 Å². The fourth-order valence-electron chi connectivity index (χ4n) is 3.46. The lowest BCUT2D eigenvalue weighted by atomic mass is 10.2. The summed E-state index contributed by atoms with van der Waals surface area (Å²) in [6.45, 7) is 2.49. The van der Waals surface area contributed by atoms with Crippen molar-refractivity contribution in [3.05, 3.63) is 40.8 Å². The van der Waals surface area contributed by atoms with Gasteiger partial charge in [-0.3, -0.25) is 14.2 Å². The first-order valence-corrected chi connectivity index (χ1v) is 11.3. The van der Waals surface area contributed by atoms with Crippen LogP contribution >= 0.6 is 0 Å². The summed E-state index contributed by atoms with van der Waals surface area (Å²) in [6, 6.07) is 6.02. The van der Waals surface area contributed by atoms with E-state index in [1.165, 1.54) is 21.1 Å². The molecule has 8 nitrogen and oxygen atoms in total. The number of sulfonamides is 1. The number of hydrogen-bond acceptors (Lipinski definition) is 6. The van der Waals surface area contributed by atoms with Gasteiger partial charge in [0.05, 0.1) is 4.90 Å². The molecular formula is C20H27N3O5S. The minimum absolute atomic E-state index is 0.0879. The third-order valence-electron chi connectivity index (χ3n) is 5.13. The van der Waals surface area contributed by atoms with Gasteiger partial charge in [0.1, 0.15) is 0 Å². The second kappa shape index (κ2) is 9.06. The molecular weight excluding hydrogens is 394 g/mol. The molecule has 1 aliphatic rings. The van der Waals surface area contributed by atoms with Crippen LogP contribution in [0.1, 0.15) is 39.0 Å². The monoisotopic (exact) mass is 421 g/mol. The number of nitrogens with two attached hydrogens (primary N) is 1. The molecule has 3 rings (SSSR count). The van der Waals surface area contributed by atoms with Crippen molar-refractivity contribution in [1.29, 1.82) is 0 Å². The van der Waals surface area contributed by atoms with E-state index in [4.69, 9.17) is 10.5 Å². The quantitative estimate of drug-likeness (QED) is 0.514. The van der Waals surface area contributed by atoms with Crippen molar-refractivity contribution >= 4 is 26.8 Å². The summed E-state index contributed by atoms with van der Waals surface area (Å²) < 4.78 is 33.8. The first kappa shape index (κ1) is 21.5. The van der Waals surface area contributed by atoms with Crippen molar-refractivity contribution in [1.82, 2.24) is 8.87 Å². The van der Waals surface area contributed by atoms with Crippen molar-refractivity contribution in [2.45, 2.75) is 56.7 Å². The summed E-state index contributed by atoms with van der Waals surface area (Å²) in [7, 11) is -3.75. The maximum Gasteiger partial charge on any atom is 0.307 e. The molecule has 0 saturated carbocycles. The lowest BCUT2D eigenvalue weighted by Gasteiger charge is -2.17. The minimum atomic E-state index is -3.75. The van der Waals surface area contributed by atoms with Crippen LogP contribution in [0.4, 0.5) is 0 Å². The normalized spacial score (nSPS) is 17.7. The van der Waals surface area contributed by atoms with Crippen molar-refractivity contribution < 1.29 is 17.9 Å². The zero-order chi connectivity index (χ0) is 21.0. The van der Waals surface area contributed by atoms with E-state index in [1.807, 2.05) is 6.92 Å². The van der Waals surface area contributed by atoms with Gasteiger partial charge < -0.3 is 10.5 Å². The van der Waals surface area contributed by atoms with Crippen LogP contribution in [0.25, 0.3) is 10.8 Å². The largest absolute Gasteiger partial charge is 0.444 e. The highest BCUT2D eigenvalue weighted by Crippen LogP contribution is 2.26. The Hall–Kier alpha value is -2.23. The predicted molar refractivity (Wildman–Crippen MR) is 110 cm³/mol. The Morgan fingerprint density at radius 1 is 1.24 bits per heavy atom. The molecule has 1 aliphatic heterocycles. The number of nitrogens with zero attached hydrogens (tertiary/aromatic N) is 2. The van der Waals surface area contributed by atoms with Crippen LogP contribution in [0.2, 0.25) is 0 Å². The van der Waals surface area contributed by atoms with Crippen molar-refractivity contribution in [2.75, 3.05) is 13.1 Å². The van der Waals surface area contributed by atoms with Crippen LogP contribution in [0.5, 0.6) is 0 Å². The number of benzene rings is 1. The SMILES string of the molecule is CCCCCC(=O)OCn1ccc2c(S(=O)(=O)N3CCC(N)C3)cccc2c1=O. The molecule has 1 unspecified atom stereocenters. The number of pyridine rings is 1. The molecule has 1 fully saturated rings. The van der Waals surface area contributed by atoms with E-state index in [1.54, 1.807) is 18.2 Å². The highest BCUT2D eigenvalue weighted by Gasteiger charge is 2.32. The number of rotatable bonds is 8. The maximum absolute atomic E-state index is 13.0. The van der Waals surface area contributed by atoms with Gasteiger partial charge in [0.2, 0.25) is 10.0 Å². The summed E-state index contributed by atoms with van der Waals surface area (Å²) in [5.41, 5.74) is 5.45. The van der Waals surface area contributed by atoms with Gasteiger partial charge >= 0.3 is 5.97 Å². The summed E-state index contributed by atoms with van der Waals surface area (Å²) in [5.74, 6) is -0.354. The van der Waals surface area contributed by atoms with Gasteiger partial charge in [-0.15, -0.1) is 0 Å². The van der Waals surface area contributed by atoms with Gasteiger partial charge in [0.15, 0.2) is 6.73 Å². The van der Waals surface area contributed by atoms with Gasteiger partial charge in [-0.25, -0.2) is 8.42 Å². The second-order valence-electron chi connectivity index (χ2n) is 7.32. The Kier molecular flexibility index (Phi) is 6.71. The van der Waals surface area contributed by atoms with Crippen molar-refractivity contribution in [3.8, 4) is 0 Å². The standard InChI is InChI=1S/C20H27N3O5S/c1-2-3-4-8-19(24)28-14-22-11-10-16-17(20(22)25)6-5-7-18(16)29(26,27)23-12-9-15(21)13-23/h5-7,10-11,15H,2-4,8-9,12-14,21H2,1H3. The average Bonchev–Trinajstić information content (AvgIpc) is 3.14. The Balaban J connectivity index is 1.85. The third-order valence-corrected chi connectivity index (χ3v) is 7.06. The number of unbranched alkanes of at least 4 members (excludes halogenated alkanes) is 2. The topological polar surface area (TPSA) is 112 Å². The highest BCUT2D eigenvalue weighted by atomic mass is 32.2. The molecule has 1 atom stereocenters. The average molecular weight is 422 g/mol. The zero-order valence-electron chi connectivity index (χ0n) is 16.5. The maximum atomic E-state index is 13.0. The molecule has 0 aliphatic carbocycles.